The second kappa shape index (κ2) is 6.91. The first-order valence-electron chi connectivity index (χ1n) is 8.13. The van der Waals surface area contributed by atoms with E-state index in [-0.39, 0.29) is 5.91 Å². The molecule has 0 radical (unpaired) electrons. The lowest BCUT2D eigenvalue weighted by Crippen LogP contribution is -2.14. The van der Waals surface area contributed by atoms with Gasteiger partial charge in [-0.1, -0.05) is 18.2 Å². The molecule has 0 saturated heterocycles. The number of hydrogen-bond donors (Lipinski definition) is 1. The van der Waals surface area contributed by atoms with Crippen molar-refractivity contribution in [3.8, 4) is 10.6 Å². The van der Waals surface area contributed by atoms with Crippen molar-refractivity contribution in [3.63, 3.8) is 0 Å². The molecule has 4 nitrogen and oxygen atoms in total. The second-order valence-corrected chi connectivity index (χ2v) is 6.68. The molecule has 5 heteroatoms. The van der Waals surface area contributed by atoms with Crippen LogP contribution in [0, 0.1) is 0 Å². The Morgan fingerprint density at radius 2 is 1.92 bits per heavy atom. The number of hydrogen-bond acceptors (Lipinski definition) is 3. The second-order valence-electron chi connectivity index (χ2n) is 5.78. The lowest BCUT2D eigenvalue weighted by molar-refractivity contribution is -0.116. The van der Waals surface area contributed by atoms with E-state index in [4.69, 9.17) is 0 Å². The molecular weight excluding hydrogens is 330 g/mol. The summed E-state index contributed by atoms with van der Waals surface area (Å²) in [6.45, 7) is 0.663. The maximum atomic E-state index is 12.2. The predicted molar refractivity (Wildman–Crippen MR) is 103 cm³/mol. The highest BCUT2D eigenvalue weighted by molar-refractivity contribution is 7.13. The smallest absolute Gasteiger partial charge is 0.226 e. The van der Waals surface area contributed by atoms with Gasteiger partial charge < -0.3 is 9.88 Å². The quantitative estimate of drug-likeness (QED) is 0.564. The lowest BCUT2D eigenvalue weighted by Gasteiger charge is -2.08. The zero-order chi connectivity index (χ0) is 17.1. The van der Waals surface area contributed by atoms with Crippen LogP contribution >= 0.6 is 11.3 Å². The molecule has 0 aliphatic rings. The summed E-state index contributed by atoms with van der Waals surface area (Å²) in [6.07, 6.45) is 4.26. The SMILES string of the molecule is O=C(CCn1ccc2ccccc21)Nc1ccc(-c2nccs2)cc1. The Balaban J connectivity index is 1.37. The molecule has 2 aromatic carbocycles. The number of nitrogens with one attached hydrogen (secondary N) is 1. The Morgan fingerprint density at radius 3 is 2.72 bits per heavy atom. The summed E-state index contributed by atoms with van der Waals surface area (Å²) < 4.78 is 2.11. The molecule has 0 saturated carbocycles. The molecule has 0 bridgehead atoms. The van der Waals surface area contributed by atoms with E-state index in [2.05, 4.69) is 33.1 Å². The van der Waals surface area contributed by atoms with Crippen molar-refractivity contribution in [1.82, 2.24) is 9.55 Å². The number of para-hydroxylation sites is 1. The molecule has 0 fully saturated rings. The number of rotatable bonds is 5. The Labute approximate surface area is 149 Å². The van der Waals surface area contributed by atoms with E-state index in [1.54, 1.807) is 17.5 Å². The maximum absolute atomic E-state index is 12.2. The van der Waals surface area contributed by atoms with Gasteiger partial charge in [0.05, 0.1) is 0 Å². The molecule has 0 spiro atoms. The predicted octanol–water partition coefficient (Wildman–Crippen LogP) is 4.79. The van der Waals surface area contributed by atoms with Gasteiger partial charge in [0, 0.05) is 47.5 Å². The van der Waals surface area contributed by atoms with Crippen molar-refractivity contribution < 1.29 is 4.79 Å². The highest BCUT2D eigenvalue weighted by Gasteiger charge is 2.06. The molecule has 1 amide bonds. The fraction of sp³-hybridized carbons (Fsp3) is 0.100. The number of carbonyl (C=O) groups is 1. The fourth-order valence-corrected chi connectivity index (χ4v) is 3.49. The third kappa shape index (κ3) is 3.46. The number of carbonyl (C=O) groups excluding carboxylic acids is 1. The van der Waals surface area contributed by atoms with E-state index in [1.165, 1.54) is 5.39 Å². The monoisotopic (exact) mass is 347 g/mol. The number of anilines is 1. The van der Waals surface area contributed by atoms with Gasteiger partial charge in [-0.05, 0) is 41.8 Å². The number of amides is 1. The summed E-state index contributed by atoms with van der Waals surface area (Å²) in [7, 11) is 0. The number of aromatic nitrogens is 2. The number of benzene rings is 2. The van der Waals surface area contributed by atoms with E-state index < -0.39 is 0 Å². The number of aryl methyl sites for hydroxylation is 1. The van der Waals surface area contributed by atoms with Crippen LogP contribution in [0.15, 0.2) is 72.4 Å². The summed E-state index contributed by atoms with van der Waals surface area (Å²) in [5.41, 5.74) is 3.03. The van der Waals surface area contributed by atoms with E-state index in [0.717, 1.165) is 21.8 Å². The fourth-order valence-electron chi connectivity index (χ4n) is 2.84. The molecule has 0 aliphatic heterocycles. The molecule has 124 valence electrons. The van der Waals surface area contributed by atoms with Crippen molar-refractivity contribution in [2.24, 2.45) is 0 Å². The van der Waals surface area contributed by atoms with Crippen LogP contribution in [-0.2, 0) is 11.3 Å². The Bertz CT molecular complexity index is 987. The largest absolute Gasteiger partial charge is 0.347 e. The van der Waals surface area contributed by atoms with Crippen LogP contribution in [0.5, 0.6) is 0 Å². The van der Waals surface area contributed by atoms with Crippen LogP contribution in [-0.4, -0.2) is 15.5 Å². The summed E-state index contributed by atoms with van der Waals surface area (Å²) in [6, 6.07) is 18.1. The Morgan fingerprint density at radius 1 is 1.08 bits per heavy atom. The minimum atomic E-state index is 0.0137. The zero-order valence-electron chi connectivity index (χ0n) is 13.6. The number of fused-ring (bicyclic) bond motifs is 1. The molecule has 25 heavy (non-hydrogen) atoms. The third-order valence-electron chi connectivity index (χ3n) is 4.11. The molecule has 0 aliphatic carbocycles. The van der Waals surface area contributed by atoms with E-state index in [1.807, 2.05) is 48.0 Å². The summed E-state index contributed by atoms with van der Waals surface area (Å²) in [5, 5.41) is 7.09. The van der Waals surface area contributed by atoms with Gasteiger partial charge in [-0.3, -0.25) is 4.79 Å². The molecule has 4 aromatic rings. The van der Waals surface area contributed by atoms with Crippen LogP contribution in [0.2, 0.25) is 0 Å². The van der Waals surface area contributed by atoms with Crippen molar-refractivity contribution >= 4 is 33.8 Å². The lowest BCUT2D eigenvalue weighted by atomic mass is 10.2. The molecule has 1 N–H and O–H groups in total. The van der Waals surface area contributed by atoms with Gasteiger partial charge in [-0.2, -0.15) is 0 Å². The number of nitrogens with zero attached hydrogens (tertiary/aromatic N) is 2. The molecule has 0 unspecified atom stereocenters. The maximum Gasteiger partial charge on any atom is 0.226 e. The molecule has 2 aromatic heterocycles. The number of thiazole rings is 1. The first-order chi connectivity index (χ1) is 12.3. The molecular formula is C20H17N3OS. The average Bonchev–Trinajstić information content (AvgIpc) is 3.31. The average molecular weight is 347 g/mol. The summed E-state index contributed by atoms with van der Waals surface area (Å²) >= 11 is 1.60. The van der Waals surface area contributed by atoms with Crippen molar-refractivity contribution in [1.29, 1.82) is 0 Å². The summed E-state index contributed by atoms with van der Waals surface area (Å²) in [5.74, 6) is 0.0137. The van der Waals surface area contributed by atoms with Gasteiger partial charge >= 0.3 is 0 Å². The van der Waals surface area contributed by atoms with Crippen LogP contribution in [0.3, 0.4) is 0 Å². The zero-order valence-corrected chi connectivity index (χ0v) is 14.4. The highest BCUT2D eigenvalue weighted by atomic mass is 32.1. The van der Waals surface area contributed by atoms with Crippen molar-refractivity contribution in [2.75, 3.05) is 5.32 Å². The van der Waals surface area contributed by atoms with Gasteiger partial charge in [-0.25, -0.2) is 4.98 Å². The first kappa shape index (κ1) is 15.6. The molecule has 4 rings (SSSR count). The van der Waals surface area contributed by atoms with Crippen molar-refractivity contribution in [3.05, 3.63) is 72.4 Å². The minimum Gasteiger partial charge on any atom is -0.347 e. The van der Waals surface area contributed by atoms with E-state index >= 15 is 0 Å². The molecule has 0 atom stereocenters. The minimum absolute atomic E-state index is 0.0137. The van der Waals surface area contributed by atoms with Crippen LogP contribution in [0.1, 0.15) is 6.42 Å². The van der Waals surface area contributed by atoms with Gasteiger partial charge in [0.1, 0.15) is 5.01 Å². The Kier molecular flexibility index (Phi) is 4.31. The van der Waals surface area contributed by atoms with Gasteiger partial charge in [0.25, 0.3) is 0 Å². The third-order valence-corrected chi connectivity index (χ3v) is 4.93. The first-order valence-corrected chi connectivity index (χ1v) is 9.01. The Hall–Kier alpha value is -2.92. The van der Waals surface area contributed by atoms with Gasteiger partial charge in [-0.15, -0.1) is 11.3 Å². The molecule has 2 heterocycles. The normalized spacial score (nSPS) is 10.9. The van der Waals surface area contributed by atoms with E-state index in [9.17, 15) is 4.79 Å². The van der Waals surface area contributed by atoms with Crippen LogP contribution < -0.4 is 5.32 Å². The summed E-state index contributed by atoms with van der Waals surface area (Å²) in [4.78, 5) is 16.5. The topological polar surface area (TPSA) is 46.9 Å². The van der Waals surface area contributed by atoms with E-state index in [0.29, 0.717) is 13.0 Å². The highest BCUT2D eigenvalue weighted by Crippen LogP contribution is 2.23. The van der Waals surface area contributed by atoms with Gasteiger partial charge in [0.15, 0.2) is 0 Å². The van der Waals surface area contributed by atoms with Gasteiger partial charge in [0.2, 0.25) is 5.91 Å². The standard InChI is InChI=1S/C20H17N3OS/c24-19(10-13-23-12-9-15-3-1-2-4-18(15)23)22-17-7-5-16(6-8-17)20-21-11-14-25-20/h1-9,11-12,14H,10,13H2,(H,22,24). The van der Waals surface area contributed by atoms with Crippen LogP contribution in [0.25, 0.3) is 21.5 Å². The van der Waals surface area contributed by atoms with Crippen molar-refractivity contribution in [2.45, 2.75) is 13.0 Å². The van der Waals surface area contributed by atoms with Crippen LogP contribution in [0.4, 0.5) is 5.69 Å².